The third-order valence-electron chi connectivity index (χ3n) is 8.20. The van der Waals surface area contributed by atoms with Crippen LogP contribution in [0.1, 0.15) is 42.3 Å². The second-order valence-corrected chi connectivity index (χ2v) is 11.7. The third-order valence-corrected chi connectivity index (χ3v) is 8.20. The summed E-state index contributed by atoms with van der Waals surface area (Å²) in [5.74, 6) is 1.33. The Morgan fingerprint density at radius 1 is 0.617 bits per heavy atom. The molecule has 5 rings (SSSR count). The number of fused-ring (bicyclic) bond motifs is 2. The Morgan fingerprint density at radius 3 is 1.64 bits per heavy atom. The zero-order valence-electron chi connectivity index (χ0n) is 28.0. The molecular formula is C40H47N3O4. The van der Waals surface area contributed by atoms with E-state index in [4.69, 9.17) is 14.2 Å². The van der Waals surface area contributed by atoms with Crippen LogP contribution in [0.5, 0.6) is 17.2 Å². The predicted octanol–water partition coefficient (Wildman–Crippen LogP) is 6.95. The smallest absolute Gasteiger partial charge is 0.251 e. The van der Waals surface area contributed by atoms with Gasteiger partial charge in [0.05, 0.1) is 19.8 Å². The van der Waals surface area contributed by atoms with Gasteiger partial charge < -0.3 is 30.2 Å². The number of likely N-dealkylation sites (N-methyl/N-ethyl adjacent to an activating group) is 1. The Morgan fingerprint density at radius 2 is 1.13 bits per heavy atom. The van der Waals surface area contributed by atoms with Crippen LogP contribution in [0, 0.1) is 0 Å². The highest BCUT2D eigenvalue weighted by atomic mass is 16.5. The fourth-order valence-electron chi connectivity index (χ4n) is 6.04. The Balaban J connectivity index is 1.39. The van der Waals surface area contributed by atoms with E-state index in [1.54, 1.807) is 12.1 Å². The second kappa shape index (κ2) is 16.8. The summed E-state index contributed by atoms with van der Waals surface area (Å²) >= 11 is 0. The molecular weight excluding hydrogens is 586 g/mol. The average Bonchev–Trinajstić information content (AvgIpc) is 3.08. The number of ether oxygens (including phenoxy) is 3. The van der Waals surface area contributed by atoms with Crippen LogP contribution in [0.15, 0.2) is 97.1 Å². The monoisotopic (exact) mass is 633 g/mol. The van der Waals surface area contributed by atoms with Crippen LogP contribution in [0.2, 0.25) is 0 Å². The highest BCUT2D eigenvalue weighted by Crippen LogP contribution is 2.39. The number of benzene rings is 5. The standard InChI is InChI=1S/C40H47N3O4/c1-5-45-37-24-34(25-38(46-6-2)39(37)47-7-3)40(44)43-36(23-29-17-19-31-13-9-11-15-33(31)21-29)27-42-35(26-41-4)22-28-16-18-30-12-8-10-14-32(30)20-28/h8-21,24-25,35-36,41-42H,5-7,22-23,26-27H2,1-4H3,(H,43,44)/t35-,36+/m1/s1. The van der Waals surface area contributed by atoms with Gasteiger partial charge in [0.15, 0.2) is 11.5 Å². The molecule has 0 heterocycles. The first-order valence-corrected chi connectivity index (χ1v) is 16.7. The Kier molecular flexibility index (Phi) is 12.1. The molecule has 1 amide bonds. The lowest BCUT2D eigenvalue weighted by Crippen LogP contribution is -2.48. The summed E-state index contributed by atoms with van der Waals surface area (Å²) in [5, 5.41) is 15.3. The van der Waals surface area contributed by atoms with E-state index in [1.165, 1.54) is 27.1 Å². The zero-order chi connectivity index (χ0) is 33.0. The Labute approximate surface area is 278 Å². The molecule has 7 heteroatoms. The minimum absolute atomic E-state index is 0.164. The van der Waals surface area contributed by atoms with E-state index < -0.39 is 0 Å². The summed E-state index contributed by atoms with van der Waals surface area (Å²) in [6, 6.07) is 33.4. The van der Waals surface area contributed by atoms with Crippen LogP contribution < -0.4 is 30.2 Å². The topological polar surface area (TPSA) is 80.9 Å². The largest absolute Gasteiger partial charge is 0.490 e. The first kappa shape index (κ1) is 33.8. The number of carbonyl (C=O) groups excluding carboxylic acids is 1. The van der Waals surface area contributed by atoms with Gasteiger partial charge in [0.1, 0.15) is 0 Å². The van der Waals surface area contributed by atoms with Gasteiger partial charge in [0, 0.05) is 30.7 Å². The minimum atomic E-state index is -0.192. The molecule has 0 aliphatic rings. The molecule has 0 saturated heterocycles. The summed E-state index contributed by atoms with van der Waals surface area (Å²) in [4.78, 5) is 13.9. The molecule has 47 heavy (non-hydrogen) atoms. The maximum absolute atomic E-state index is 13.9. The van der Waals surface area contributed by atoms with E-state index in [-0.39, 0.29) is 18.0 Å². The van der Waals surface area contributed by atoms with Crippen molar-refractivity contribution in [3.05, 3.63) is 114 Å². The van der Waals surface area contributed by atoms with Gasteiger partial charge in [-0.15, -0.1) is 0 Å². The van der Waals surface area contributed by atoms with Gasteiger partial charge in [0.25, 0.3) is 5.91 Å². The van der Waals surface area contributed by atoms with Crippen molar-refractivity contribution in [1.29, 1.82) is 0 Å². The summed E-state index contributed by atoms with van der Waals surface area (Å²) in [6.45, 7) is 8.45. The highest BCUT2D eigenvalue weighted by molar-refractivity contribution is 5.96. The van der Waals surface area contributed by atoms with Crippen LogP contribution in [0.4, 0.5) is 0 Å². The lowest BCUT2D eigenvalue weighted by atomic mass is 9.99. The normalized spacial score (nSPS) is 12.5. The molecule has 0 aromatic heterocycles. The SMILES string of the molecule is CCOc1cc(C(=O)N[C@H](CN[C@@H](CNC)Cc2ccc3ccccc3c2)Cc2ccc3ccccc3c2)cc(OCC)c1OCC. The van der Waals surface area contributed by atoms with Crippen molar-refractivity contribution in [2.24, 2.45) is 0 Å². The van der Waals surface area contributed by atoms with Crippen LogP contribution in [0.3, 0.4) is 0 Å². The number of hydrogen-bond acceptors (Lipinski definition) is 6. The summed E-state index contributed by atoms with van der Waals surface area (Å²) < 4.78 is 17.7. The van der Waals surface area contributed by atoms with Crippen molar-refractivity contribution >= 4 is 27.5 Å². The lowest BCUT2D eigenvalue weighted by molar-refractivity contribution is 0.0934. The maximum atomic E-state index is 13.9. The number of amides is 1. The molecule has 0 spiro atoms. The van der Waals surface area contributed by atoms with Gasteiger partial charge in [-0.2, -0.15) is 0 Å². The van der Waals surface area contributed by atoms with Crippen LogP contribution >= 0.6 is 0 Å². The van der Waals surface area contributed by atoms with Gasteiger partial charge in [-0.1, -0.05) is 84.9 Å². The van der Waals surface area contributed by atoms with E-state index in [0.29, 0.717) is 55.6 Å². The molecule has 0 radical (unpaired) electrons. The van der Waals surface area contributed by atoms with Crippen LogP contribution in [-0.4, -0.2) is 57.9 Å². The molecule has 0 bridgehead atoms. The van der Waals surface area contributed by atoms with E-state index in [0.717, 1.165) is 18.5 Å². The fourth-order valence-corrected chi connectivity index (χ4v) is 6.04. The maximum Gasteiger partial charge on any atom is 0.251 e. The van der Waals surface area contributed by atoms with Gasteiger partial charge in [-0.05, 0) is 85.5 Å². The molecule has 0 unspecified atom stereocenters. The van der Waals surface area contributed by atoms with Crippen molar-refractivity contribution in [3.8, 4) is 17.2 Å². The summed E-state index contributed by atoms with van der Waals surface area (Å²) in [7, 11) is 1.97. The molecule has 3 N–H and O–H groups in total. The average molecular weight is 634 g/mol. The zero-order valence-corrected chi connectivity index (χ0v) is 28.0. The number of carbonyl (C=O) groups is 1. The Bertz CT molecular complexity index is 1740. The van der Waals surface area contributed by atoms with Crippen molar-refractivity contribution in [3.63, 3.8) is 0 Å². The van der Waals surface area contributed by atoms with Crippen molar-refractivity contribution in [1.82, 2.24) is 16.0 Å². The molecule has 5 aromatic rings. The fraction of sp³-hybridized carbons (Fsp3) is 0.325. The number of hydrogen-bond donors (Lipinski definition) is 3. The number of rotatable bonds is 17. The van der Waals surface area contributed by atoms with Crippen molar-refractivity contribution in [2.45, 2.75) is 45.7 Å². The van der Waals surface area contributed by atoms with Crippen LogP contribution in [-0.2, 0) is 12.8 Å². The predicted molar refractivity (Wildman–Crippen MR) is 192 cm³/mol. The lowest BCUT2D eigenvalue weighted by Gasteiger charge is -2.25. The van der Waals surface area contributed by atoms with E-state index in [1.807, 2.05) is 27.8 Å². The molecule has 7 nitrogen and oxygen atoms in total. The van der Waals surface area contributed by atoms with Gasteiger partial charge in [-0.3, -0.25) is 4.79 Å². The van der Waals surface area contributed by atoms with Crippen molar-refractivity contribution in [2.75, 3.05) is 40.0 Å². The van der Waals surface area contributed by atoms with Gasteiger partial charge in [0.2, 0.25) is 5.75 Å². The van der Waals surface area contributed by atoms with E-state index in [9.17, 15) is 4.79 Å². The molecule has 0 saturated carbocycles. The quantitative estimate of drug-likeness (QED) is 0.103. The van der Waals surface area contributed by atoms with E-state index in [2.05, 4.69) is 101 Å². The van der Waals surface area contributed by atoms with Crippen molar-refractivity contribution < 1.29 is 19.0 Å². The van der Waals surface area contributed by atoms with E-state index >= 15 is 0 Å². The molecule has 0 fully saturated rings. The molecule has 0 aliphatic carbocycles. The second-order valence-electron chi connectivity index (χ2n) is 11.7. The third kappa shape index (κ3) is 9.03. The Hall–Kier alpha value is -4.59. The van der Waals surface area contributed by atoms with Gasteiger partial charge in [-0.25, -0.2) is 0 Å². The van der Waals surface area contributed by atoms with Crippen LogP contribution in [0.25, 0.3) is 21.5 Å². The molecule has 0 aliphatic heterocycles. The highest BCUT2D eigenvalue weighted by Gasteiger charge is 2.22. The number of nitrogens with one attached hydrogen (secondary N) is 3. The summed E-state index contributed by atoms with van der Waals surface area (Å²) in [6.07, 6.45) is 1.52. The first-order valence-electron chi connectivity index (χ1n) is 16.7. The summed E-state index contributed by atoms with van der Waals surface area (Å²) in [5.41, 5.74) is 2.90. The molecule has 2 atom stereocenters. The molecule has 5 aromatic carbocycles. The first-order chi connectivity index (χ1) is 23.0. The molecule has 246 valence electrons. The van der Waals surface area contributed by atoms with Gasteiger partial charge >= 0.3 is 0 Å². The minimum Gasteiger partial charge on any atom is -0.490 e.